The Morgan fingerprint density at radius 1 is 0.390 bits per heavy atom. The normalized spacial score (nSPS) is 10.8. The second-order valence-corrected chi connectivity index (χ2v) is 25.7. The molecule has 1 unspecified atom stereocenters. The molecule has 0 aliphatic carbocycles. The van der Waals surface area contributed by atoms with Gasteiger partial charge in [0.2, 0.25) is 0 Å². The minimum absolute atomic E-state index is 0.0583. The van der Waals surface area contributed by atoms with E-state index >= 15 is 0 Å². The molecule has 105 heavy (non-hydrogen) atoms. The van der Waals surface area contributed by atoms with Gasteiger partial charge in [0.05, 0.1) is 25.7 Å². The first-order valence-electron chi connectivity index (χ1n) is 32.0. The Morgan fingerprint density at radius 3 is 1.05 bits per heavy atom. The maximum Gasteiger partial charge on any atom is 0.334 e. The van der Waals surface area contributed by atoms with Gasteiger partial charge in [-0.15, -0.1) is 0 Å². The third kappa shape index (κ3) is 25.1. The molecule has 10 rings (SSSR count). The van der Waals surface area contributed by atoms with Gasteiger partial charge in [0, 0.05) is 22.0 Å². The van der Waals surface area contributed by atoms with E-state index in [-0.39, 0.29) is 61.1 Å². The smallest absolute Gasteiger partial charge is 0.334 e. The van der Waals surface area contributed by atoms with Gasteiger partial charge in [0.15, 0.2) is 86.9 Å². The van der Waals surface area contributed by atoms with E-state index in [0.717, 1.165) is 93.0 Å². The number of aldehydes is 2. The van der Waals surface area contributed by atoms with Crippen molar-refractivity contribution >= 4 is 64.6 Å². The standard InChI is InChI=1S/C23H23O2P.C19H18F2O3.C14H10F2O2.C12H14F2O3.C7H4F2O2.C6H4F2O/c1-3-25-23(24)19(2)26(20-13-7-4-8-14-20,21-15-9-5-10-16-21)22-17-11-6-12-18-22;1-3-23-19(22)13(2)9-15-10-16(20)18(17(21)11-15)24-12-14-7-5-4-6-8-14;15-12-6-11(8-17)7-13(16)14(12)18-9-10-4-2-1-3-5-10;1-3-17-12(16)7(2)4-8-5-9(13)11(15)10(14)6-8;8-5-1-4(3-10)2-6(9)7(5)11;7-4-2-1-3-5(8)6(4)9/h4-18H,3H2,1-2H3;4-11H,3,12H2,1-2H3;1-8H,9H2;5-7,15H,3-4H2,1-2H3;1-3,11H;1-3,9H/b;13-9+;;;;. The lowest BCUT2D eigenvalue weighted by atomic mass is 10.0. The van der Waals surface area contributed by atoms with Gasteiger partial charge in [-0.05, 0) is 153 Å². The average molecular weight is 1480 g/mol. The van der Waals surface area contributed by atoms with Crippen molar-refractivity contribution in [3.8, 4) is 28.7 Å². The van der Waals surface area contributed by atoms with Gasteiger partial charge in [-0.3, -0.25) is 14.4 Å². The summed E-state index contributed by atoms with van der Waals surface area (Å²) in [5, 5.41) is 30.2. The number of halogens is 10. The number of phenols is 3. The fraction of sp³-hybridized carbons (Fsp3) is 0.160. The predicted molar refractivity (Wildman–Crippen MR) is 381 cm³/mol. The van der Waals surface area contributed by atoms with E-state index in [4.69, 9.17) is 39.0 Å². The summed E-state index contributed by atoms with van der Waals surface area (Å²) >= 11 is 0. The minimum atomic E-state index is -2.29. The van der Waals surface area contributed by atoms with Gasteiger partial charge in [-0.1, -0.05) is 165 Å². The van der Waals surface area contributed by atoms with Crippen molar-refractivity contribution in [2.75, 3.05) is 19.8 Å². The first kappa shape index (κ1) is 83.9. The summed E-state index contributed by atoms with van der Waals surface area (Å²) in [5.74, 6) is -15.2. The van der Waals surface area contributed by atoms with Crippen LogP contribution in [0.25, 0.3) is 6.08 Å². The van der Waals surface area contributed by atoms with E-state index < -0.39 is 112 Å². The summed E-state index contributed by atoms with van der Waals surface area (Å²) < 4.78 is 156. The van der Waals surface area contributed by atoms with Gasteiger partial charge < -0.3 is 39.0 Å². The third-order valence-electron chi connectivity index (χ3n) is 14.5. The maximum absolute atomic E-state index is 14.1. The van der Waals surface area contributed by atoms with Gasteiger partial charge in [-0.25, -0.2) is 53.5 Å². The summed E-state index contributed by atoms with van der Waals surface area (Å²) in [6.07, 6.45) is 2.21. The summed E-state index contributed by atoms with van der Waals surface area (Å²) in [6.45, 7) is 8.99. The molecule has 0 bridgehead atoms. The maximum atomic E-state index is 14.1. The molecule has 0 amide bonds. The van der Waals surface area contributed by atoms with Crippen LogP contribution in [0.4, 0.5) is 43.9 Å². The van der Waals surface area contributed by atoms with Crippen LogP contribution in [0.5, 0.6) is 28.7 Å². The number of benzene rings is 10. The average Bonchev–Trinajstić information content (AvgIpc) is 0.739. The number of para-hydroxylation sites is 1. The van der Waals surface area contributed by atoms with E-state index in [2.05, 4.69) is 36.4 Å². The second-order valence-electron chi connectivity index (χ2n) is 22.1. The topological polar surface area (TPSA) is 192 Å². The van der Waals surface area contributed by atoms with Gasteiger partial charge in [0.25, 0.3) is 0 Å². The van der Waals surface area contributed by atoms with Crippen molar-refractivity contribution in [3.05, 3.63) is 316 Å². The highest BCUT2D eigenvalue weighted by Gasteiger charge is 2.31. The molecule has 0 aliphatic rings. The Bertz CT molecular complexity index is 4380. The number of esters is 3. The molecule has 1 atom stereocenters. The largest absolute Gasteiger partial charge is 0.503 e. The van der Waals surface area contributed by atoms with Gasteiger partial charge in [-0.2, -0.15) is 0 Å². The van der Waals surface area contributed by atoms with Crippen molar-refractivity contribution in [3.63, 3.8) is 0 Å². The van der Waals surface area contributed by atoms with Crippen molar-refractivity contribution in [2.45, 2.75) is 61.2 Å². The molecule has 24 heteroatoms. The zero-order chi connectivity index (χ0) is 77.2. The quantitative estimate of drug-likeness (QED) is 0.0163. The van der Waals surface area contributed by atoms with Crippen LogP contribution in [0, 0.1) is 64.1 Å². The third-order valence-corrected chi connectivity index (χ3v) is 18.9. The molecule has 3 N–H and O–H groups in total. The number of hydrogen-bond acceptors (Lipinski definition) is 13. The number of carbonyl (C=O) groups excluding carboxylic acids is 5. The number of ether oxygens (including phenoxy) is 5. The molecule has 0 spiro atoms. The van der Waals surface area contributed by atoms with Crippen LogP contribution in [0.15, 0.2) is 224 Å². The molecular formula is C81H73F10O13P. The lowest BCUT2D eigenvalue weighted by Gasteiger charge is -2.31. The molecule has 0 aliphatic heterocycles. The van der Waals surface area contributed by atoms with E-state index in [1.165, 1.54) is 19.1 Å². The van der Waals surface area contributed by atoms with Crippen molar-refractivity contribution < 1.29 is 107 Å². The Hall–Kier alpha value is -11.7. The summed E-state index contributed by atoms with van der Waals surface area (Å²) in [7, 11) is 0. The van der Waals surface area contributed by atoms with E-state index in [9.17, 15) is 67.9 Å². The van der Waals surface area contributed by atoms with Crippen LogP contribution >= 0.6 is 6.89 Å². The molecule has 550 valence electrons. The number of aromatic hydroxyl groups is 3. The highest BCUT2D eigenvalue weighted by atomic mass is 31.2. The lowest BCUT2D eigenvalue weighted by molar-refractivity contribution is -0.147. The molecule has 10 aromatic carbocycles. The first-order valence-corrected chi connectivity index (χ1v) is 33.8. The van der Waals surface area contributed by atoms with Crippen LogP contribution in [0.2, 0.25) is 0 Å². The zero-order valence-electron chi connectivity index (χ0n) is 57.5. The lowest BCUT2D eigenvalue weighted by Crippen LogP contribution is -2.33. The van der Waals surface area contributed by atoms with E-state index in [1.54, 1.807) is 57.2 Å². The van der Waals surface area contributed by atoms with E-state index in [0.29, 0.717) is 24.7 Å². The fourth-order valence-electron chi connectivity index (χ4n) is 9.55. The first-order chi connectivity index (χ1) is 50.2. The van der Waals surface area contributed by atoms with Crippen LogP contribution < -0.4 is 25.4 Å². The Morgan fingerprint density at radius 2 is 0.705 bits per heavy atom. The summed E-state index contributed by atoms with van der Waals surface area (Å²) in [4.78, 5) is 56.2. The number of rotatable bonds is 20. The number of carbonyl (C=O) groups is 5. The van der Waals surface area contributed by atoms with Gasteiger partial charge >= 0.3 is 17.9 Å². The Kier molecular flexibility index (Phi) is 34.1. The predicted octanol–water partition coefficient (Wildman–Crippen LogP) is 17.2. The molecule has 0 aromatic heterocycles. The van der Waals surface area contributed by atoms with Crippen LogP contribution in [-0.4, -0.2) is 70.9 Å². The van der Waals surface area contributed by atoms with Gasteiger partial charge in [0.1, 0.15) is 25.8 Å². The summed E-state index contributed by atoms with van der Waals surface area (Å²) in [6, 6.07) is 59.9. The molecule has 0 fully saturated rings. The molecule has 0 heterocycles. The van der Waals surface area contributed by atoms with Crippen molar-refractivity contribution in [1.29, 1.82) is 0 Å². The van der Waals surface area contributed by atoms with Crippen LogP contribution in [0.1, 0.15) is 84.5 Å². The second kappa shape index (κ2) is 42.6. The molecule has 0 radical (unpaired) electrons. The molecule has 0 saturated heterocycles. The van der Waals surface area contributed by atoms with Crippen molar-refractivity contribution in [2.24, 2.45) is 5.92 Å². The number of phenolic OH excluding ortho intramolecular Hbond substituents is 3. The summed E-state index contributed by atoms with van der Waals surface area (Å²) in [5.41, 5.74) is 2.19. The highest BCUT2D eigenvalue weighted by molar-refractivity contribution is 7.96. The Balaban J connectivity index is 0.000000234. The van der Waals surface area contributed by atoms with Crippen molar-refractivity contribution in [1.82, 2.24) is 0 Å². The Labute approximate surface area is 600 Å². The fourth-order valence-corrected chi connectivity index (χ4v) is 13.8. The molecule has 0 saturated carbocycles. The van der Waals surface area contributed by atoms with Crippen LogP contribution in [0.3, 0.4) is 0 Å². The highest BCUT2D eigenvalue weighted by Crippen LogP contribution is 2.46. The zero-order valence-corrected chi connectivity index (χ0v) is 58.4. The molecular weight excluding hydrogens is 1400 g/mol. The minimum Gasteiger partial charge on any atom is -0.503 e. The SMILES string of the molecule is CCOC(=O)/C(C)=C/c1cc(F)c(OCc2ccccc2)c(F)c1.CCOC(=O)C(C)=P(c1ccccc1)(c1ccccc1)c1ccccc1.CCOC(=O)C(C)Cc1cc(F)c(O)c(F)c1.O=Cc1cc(F)c(O)c(F)c1.O=Cc1cc(F)c(OCc2ccccc2)c(F)c1.Oc1c(F)cccc1F. The number of hydrogen-bond donors (Lipinski definition) is 3. The molecule has 13 nitrogen and oxygen atoms in total. The van der Waals surface area contributed by atoms with E-state index in [1.807, 2.05) is 92.7 Å². The van der Waals surface area contributed by atoms with Crippen LogP contribution in [-0.2, 0) is 48.2 Å². The molecule has 10 aromatic rings. The monoisotopic (exact) mass is 1470 g/mol.